The first-order valence-corrected chi connectivity index (χ1v) is 4.33. The van der Waals surface area contributed by atoms with Gasteiger partial charge in [0.25, 0.3) is 0 Å². The van der Waals surface area contributed by atoms with Crippen LogP contribution in [0.4, 0.5) is 11.4 Å². The lowest BCUT2D eigenvalue weighted by atomic mass is 10.2. The molecule has 0 atom stereocenters. The quantitative estimate of drug-likeness (QED) is 0.673. The molecule has 0 unspecified atom stereocenters. The Kier molecular flexibility index (Phi) is 2.97. The van der Waals surface area contributed by atoms with E-state index in [1.807, 2.05) is 19.0 Å². The molecule has 5 heteroatoms. The van der Waals surface area contributed by atoms with Gasteiger partial charge in [0, 0.05) is 14.1 Å². The number of nitrogens with zero attached hydrogens (tertiary/aromatic N) is 3. The molecule has 1 rings (SSSR count). The standard InChI is InChI=1S/C8H8Cl2N3/c1-13(2)8-4-5(9)7(12-11)3-6(8)10/h3-4H,1-2H3/q+1. The van der Waals surface area contributed by atoms with Crippen molar-refractivity contribution >= 4 is 34.6 Å². The van der Waals surface area contributed by atoms with E-state index in [2.05, 4.69) is 4.98 Å². The Bertz CT molecular complexity index is 368. The van der Waals surface area contributed by atoms with Crippen molar-refractivity contribution in [1.29, 1.82) is 5.39 Å². The van der Waals surface area contributed by atoms with Gasteiger partial charge in [-0.15, -0.1) is 0 Å². The highest BCUT2D eigenvalue weighted by Crippen LogP contribution is 2.35. The Balaban J connectivity index is 3.31. The van der Waals surface area contributed by atoms with Crippen LogP contribution in [-0.4, -0.2) is 14.1 Å². The van der Waals surface area contributed by atoms with Gasteiger partial charge in [-0.1, -0.05) is 23.2 Å². The Hall–Kier alpha value is -0.980. The summed E-state index contributed by atoms with van der Waals surface area (Å²) in [6.45, 7) is 0. The highest BCUT2D eigenvalue weighted by atomic mass is 35.5. The average Bonchev–Trinajstić information content (AvgIpc) is 2.07. The van der Waals surface area contributed by atoms with Crippen molar-refractivity contribution in [2.45, 2.75) is 0 Å². The number of diazo groups is 1. The van der Waals surface area contributed by atoms with Gasteiger partial charge in [0.05, 0.1) is 16.8 Å². The van der Waals surface area contributed by atoms with Crippen LogP contribution in [-0.2, 0) is 0 Å². The van der Waals surface area contributed by atoms with Gasteiger partial charge in [0.1, 0.15) is 5.02 Å². The SMILES string of the molecule is CN(C)c1cc(Cl)c([N+]#N)cc1Cl. The van der Waals surface area contributed by atoms with Crippen molar-refractivity contribution in [3.8, 4) is 0 Å². The predicted molar refractivity (Wildman–Crippen MR) is 55.5 cm³/mol. The largest absolute Gasteiger partial charge is 0.405 e. The first kappa shape index (κ1) is 10.1. The minimum Gasteiger partial charge on any atom is -0.376 e. The fourth-order valence-corrected chi connectivity index (χ4v) is 1.47. The van der Waals surface area contributed by atoms with Gasteiger partial charge in [0.2, 0.25) is 5.39 Å². The van der Waals surface area contributed by atoms with E-state index in [9.17, 15) is 0 Å². The van der Waals surface area contributed by atoms with E-state index in [4.69, 9.17) is 28.6 Å². The summed E-state index contributed by atoms with van der Waals surface area (Å²) < 4.78 is 0. The fourth-order valence-electron chi connectivity index (χ4n) is 0.945. The monoisotopic (exact) mass is 216 g/mol. The Morgan fingerprint density at radius 2 is 1.85 bits per heavy atom. The second-order valence-corrected chi connectivity index (χ2v) is 3.56. The Morgan fingerprint density at radius 1 is 1.23 bits per heavy atom. The van der Waals surface area contributed by atoms with E-state index in [1.165, 1.54) is 6.07 Å². The van der Waals surface area contributed by atoms with E-state index in [0.29, 0.717) is 10.0 Å². The summed E-state index contributed by atoms with van der Waals surface area (Å²) in [5, 5.41) is 9.41. The first-order valence-electron chi connectivity index (χ1n) is 3.57. The maximum Gasteiger partial charge on any atom is 0.405 e. The molecule has 68 valence electrons. The van der Waals surface area contributed by atoms with Crippen molar-refractivity contribution in [2.24, 2.45) is 0 Å². The van der Waals surface area contributed by atoms with E-state index in [-0.39, 0.29) is 5.69 Å². The highest BCUT2D eigenvalue weighted by Gasteiger charge is 2.16. The van der Waals surface area contributed by atoms with Gasteiger partial charge in [0.15, 0.2) is 4.98 Å². The summed E-state index contributed by atoms with van der Waals surface area (Å²) in [7, 11) is 3.71. The average molecular weight is 217 g/mol. The van der Waals surface area contributed by atoms with Gasteiger partial charge in [-0.3, -0.25) is 0 Å². The van der Waals surface area contributed by atoms with Gasteiger partial charge in [-0.05, 0) is 6.07 Å². The Labute approximate surface area is 86.5 Å². The van der Waals surface area contributed by atoms with Crippen LogP contribution in [0.25, 0.3) is 4.98 Å². The first-order chi connectivity index (χ1) is 6.06. The molecule has 13 heavy (non-hydrogen) atoms. The Morgan fingerprint density at radius 3 is 2.31 bits per heavy atom. The molecular weight excluding hydrogens is 209 g/mol. The summed E-state index contributed by atoms with van der Waals surface area (Å²) in [4.78, 5) is 4.83. The molecule has 1 aromatic carbocycles. The molecule has 0 amide bonds. The molecule has 0 aliphatic carbocycles. The normalized spacial score (nSPS) is 9.46. The summed E-state index contributed by atoms with van der Waals surface area (Å²) >= 11 is 11.7. The number of benzene rings is 1. The van der Waals surface area contributed by atoms with E-state index in [1.54, 1.807) is 6.07 Å². The van der Waals surface area contributed by atoms with Gasteiger partial charge < -0.3 is 4.90 Å². The molecule has 3 nitrogen and oxygen atoms in total. The van der Waals surface area contributed by atoms with E-state index >= 15 is 0 Å². The van der Waals surface area contributed by atoms with Crippen LogP contribution in [0, 0.1) is 5.39 Å². The van der Waals surface area contributed by atoms with Crippen LogP contribution in [0.3, 0.4) is 0 Å². The van der Waals surface area contributed by atoms with Crippen molar-refractivity contribution < 1.29 is 0 Å². The topological polar surface area (TPSA) is 31.4 Å². The zero-order valence-corrected chi connectivity index (χ0v) is 8.76. The maximum atomic E-state index is 8.54. The molecule has 0 aliphatic rings. The summed E-state index contributed by atoms with van der Waals surface area (Å²) in [5.74, 6) is 0. The molecule has 0 spiro atoms. The van der Waals surface area contributed by atoms with Crippen LogP contribution in [0.2, 0.25) is 10.0 Å². The third kappa shape index (κ3) is 2.03. The number of hydrogen-bond donors (Lipinski definition) is 0. The molecule has 0 saturated heterocycles. The number of rotatable bonds is 1. The molecule has 0 saturated carbocycles. The van der Waals surface area contributed by atoms with Gasteiger partial charge in [-0.2, -0.15) is 0 Å². The minimum absolute atomic E-state index is 0.275. The minimum atomic E-state index is 0.275. The highest BCUT2D eigenvalue weighted by molar-refractivity contribution is 6.37. The zero-order valence-electron chi connectivity index (χ0n) is 7.25. The van der Waals surface area contributed by atoms with Crippen LogP contribution >= 0.6 is 23.2 Å². The molecule has 0 heterocycles. The third-order valence-electron chi connectivity index (χ3n) is 1.61. The van der Waals surface area contributed by atoms with Crippen LogP contribution in [0.15, 0.2) is 12.1 Å². The lowest BCUT2D eigenvalue weighted by Gasteiger charge is -2.13. The smallest absolute Gasteiger partial charge is 0.376 e. The molecule has 0 fully saturated rings. The number of halogens is 2. The number of hydrogen-bond acceptors (Lipinski definition) is 2. The lowest BCUT2D eigenvalue weighted by molar-refractivity contribution is 1.13. The second-order valence-electron chi connectivity index (χ2n) is 2.75. The molecule has 0 radical (unpaired) electrons. The molecular formula is C8H8Cl2N3+. The van der Waals surface area contributed by atoms with Crippen molar-refractivity contribution in [1.82, 2.24) is 0 Å². The van der Waals surface area contributed by atoms with Gasteiger partial charge in [-0.25, -0.2) is 0 Å². The van der Waals surface area contributed by atoms with Crippen LogP contribution in [0.1, 0.15) is 0 Å². The van der Waals surface area contributed by atoms with Crippen molar-refractivity contribution in [3.63, 3.8) is 0 Å². The molecule has 0 aromatic heterocycles. The van der Waals surface area contributed by atoms with E-state index < -0.39 is 0 Å². The zero-order chi connectivity index (χ0) is 10.0. The lowest BCUT2D eigenvalue weighted by Crippen LogP contribution is -2.08. The molecule has 0 aliphatic heterocycles. The summed E-state index contributed by atoms with van der Waals surface area (Å²) in [5.41, 5.74) is 1.07. The van der Waals surface area contributed by atoms with Crippen LogP contribution in [0.5, 0.6) is 0 Å². The molecule has 0 N–H and O–H groups in total. The molecule has 1 aromatic rings. The van der Waals surface area contributed by atoms with Gasteiger partial charge >= 0.3 is 5.69 Å². The van der Waals surface area contributed by atoms with Crippen molar-refractivity contribution in [3.05, 3.63) is 27.2 Å². The predicted octanol–water partition coefficient (Wildman–Crippen LogP) is 3.54. The fraction of sp³-hybridized carbons (Fsp3) is 0.250. The third-order valence-corrected chi connectivity index (χ3v) is 2.21. The van der Waals surface area contributed by atoms with E-state index in [0.717, 1.165) is 5.69 Å². The molecule has 0 bridgehead atoms. The number of anilines is 1. The summed E-state index contributed by atoms with van der Waals surface area (Å²) in [6, 6.07) is 3.16. The summed E-state index contributed by atoms with van der Waals surface area (Å²) in [6.07, 6.45) is 0. The second kappa shape index (κ2) is 3.82. The van der Waals surface area contributed by atoms with Crippen molar-refractivity contribution in [2.75, 3.05) is 19.0 Å². The maximum absolute atomic E-state index is 8.54. The van der Waals surface area contributed by atoms with Crippen LogP contribution < -0.4 is 4.90 Å².